The third-order valence-electron chi connectivity index (χ3n) is 3.50. The van der Waals surface area contributed by atoms with Crippen molar-refractivity contribution in [2.75, 3.05) is 6.54 Å². The zero-order valence-electron chi connectivity index (χ0n) is 12.8. The molecule has 0 aliphatic heterocycles. The lowest BCUT2D eigenvalue weighted by atomic mass is 10.0. The van der Waals surface area contributed by atoms with Crippen molar-refractivity contribution in [2.24, 2.45) is 0 Å². The molecule has 0 aromatic heterocycles. The Kier molecular flexibility index (Phi) is 5.83. The van der Waals surface area contributed by atoms with Crippen LogP contribution in [0.25, 0.3) is 0 Å². The second-order valence-corrected chi connectivity index (χ2v) is 6.02. The molecule has 0 radical (unpaired) electrons. The fourth-order valence-electron chi connectivity index (χ4n) is 2.35. The normalized spacial score (nSPS) is 12.2. The number of rotatable bonds is 6. The lowest BCUT2D eigenvalue weighted by Crippen LogP contribution is -2.19. The van der Waals surface area contributed by atoms with E-state index in [-0.39, 0.29) is 0 Å². The zero-order valence-corrected chi connectivity index (χ0v) is 14.4. The van der Waals surface area contributed by atoms with Gasteiger partial charge in [0.2, 0.25) is 0 Å². The van der Waals surface area contributed by atoms with Crippen LogP contribution >= 0.6 is 15.9 Å². The van der Waals surface area contributed by atoms with E-state index in [4.69, 9.17) is 4.74 Å². The van der Waals surface area contributed by atoms with Crippen LogP contribution in [0.2, 0.25) is 0 Å². The molecule has 0 aliphatic rings. The molecule has 0 amide bonds. The van der Waals surface area contributed by atoms with Crippen LogP contribution in [0, 0.1) is 6.92 Å². The summed E-state index contributed by atoms with van der Waals surface area (Å²) in [6.45, 7) is 7.35. The topological polar surface area (TPSA) is 21.3 Å². The fourth-order valence-corrected chi connectivity index (χ4v) is 2.69. The van der Waals surface area contributed by atoms with Crippen molar-refractivity contribution < 1.29 is 4.74 Å². The van der Waals surface area contributed by atoms with Gasteiger partial charge in [0.1, 0.15) is 11.5 Å². The molecular formula is C18H22BrNO. The van der Waals surface area contributed by atoms with Crippen LogP contribution in [0.4, 0.5) is 0 Å². The molecule has 0 bridgehead atoms. The highest BCUT2D eigenvalue weighted by Gasteiger charge is 2.09. The van der Waals surface area contributed by atoms with Crippen LogP contribution in [0.3, 0.4) is 0 Å². The molecule has 2 aromatic rings. The number of hydrogen-bond donors (Lipinski definition) is 1. The first kappa shape index (κ1) is 16.1. The van der Waals surface area contributed by atoms with Crippen molar-refractivity contribution in [1.82, 2.24) is 5.32 Å². The summed E-state index contributed by atoms with van der Waals surface area (Å²) in [5.74, 6) is 1.77. The summed E-state index contributed by atoms with van der Waals surface area (Å²) in [5, 5.41) is 3.50. The largest absolute Gasteiger partial charge is 0.457 e. The van der Waals surface area contributed by atoms with Crippen molar-refractivity contribution in [2.45, 2.75) is 33.2 Å². The van der Waals surface area contributed by atoms with E-state index in [0.29, 0.717) is 6.04 Å². The number of benzene rings is 2. The van der Waals surface area contributed by atoms with E-state index in [9.17, 15) is 0 Å². The van der Waals surface area contributed by atoms with Gasteiger partial charge < -0.3 is 10.1 Å². The van der Waals surface area contributed by atoms with Crippen LogP contribution in [-0.4, -0.2) is 6.54 Å². The van der Waals surface area contributed by atoms with E-state index in [1.54, 1.807) is 0 Å². The molecule has 3 heteroatoms. The van der Waals surface area contributed by atoms with Crippen molar-refractivity contribution in [3.8, 4) is 11.5 Å². The molecule has 1 atom stereocenters. The first-order valence-electron chi connectivity index (χ1n) is 7.41. The van der Waals surface area contributed by atoms with E-state index in [1.165, 1.54) is 5.56 Å². The highest BCUT2D eigenvalue weighted by atomic mass is 79.9. The lowest BCUT2D eigenvalue weighted by Gasteiger charge is -2.17. The maximum atomic E-state index is 6.05. The molecule has 0 saturated heterocycles. The van der Waals surface area contributed by atoms with Gasteiger partial charge in [-0.25, -0.2) is 0 Å². The van der Waals surface area contributed by atoms with Gasteiger partial charge >= 0.3 is 0 Å². The molecule has 2 nitrogen and oxygen atoms in total. The highest BCUT2D eigenvalue weighted by molar-refractivity contribution is 9.10. The van der Waals surface area contributed by atoms with Crippen molar-refractivity contribution >= 4 is 15.9 Å². The highest BCUT2D eigenvalue weighted by Crippen LogP contribution is 2.30. The molecule has 2 aromatic carbocycles. The Morgan fingerprint density at radius 2 is 1.95 bits per heavy atom. The maximum Gasteiger partial charge on any atom is 0.131 e. The van der Waals surface area contributed by atoms with E-state index in [0.717, 1.165) is 34.5 Å². The van der Waals surface area contributed by atoms with Gasteiger partial charge in [-0.2, -0.15) is 0 Å². The number of ether oxygens (including phenoxy) is 1. The van der Waals surface area contributed by atoms with Crippen molar-refractivity contribution in [1.29, 1.82) is 0 Å². The Hall–Kier alpha value is -1.32. The Morgan fingerprint density at radius 1 is 1.14 bits per heavy atom. The molecule has 2 rings (SSSR count). The van der Waals surface area contributed by atoms with Gasteiger partial charge in [0, 0.05) is 10.5 Å². The van der Waals surface area contributed by atoms with Crippen LogP contribution in [0.15, 0.2) is 46.9 Å². The minimum Gasteiger partial charge on any atom is -0.457 e. The quantitative estimate of drug-likeness (QED) is 0.733. The summed E-state index contributed by atoms with van der Waals surface area (Å²) >= 11 is 3.49. The minimum atomic E-state index is 0.377. The molecule has 0 heterocycles. The monoisotopic (exact) mass is 347 g/mol. The summed E-state index contributed by atoms with van der Waals surface area (Å²) in [4.78, 5) is 0. The van der Waals surface area contributed by atoms with E-state index in [2.05, 4.69) is 66.3 Å². The molecule has 0 saturated carbocycles. The maximum absolute atomic E-state index is 6.05. The SMILES string of the molecule is CCNC(CC)c1cccc(Oc2cc(Br)ccc2C)c1. The first-order valence-corrected chi connectivity index (χ1v) is 8.20. The van der Waals surface area contributed by atoms with Gasteiger partial charge in [-0.15, -0.1) is 0 Å². The Labute approximate surface area is 135 Å². The van der Waals surface area contributed by atoms with Gasteiger partial charge in [0.05, 0.1) is 0 Å². The van der Waals surface area contributed by atoms with Gasteiger partial charge in [0.15, 0.2) is 0 Å². The molecule has 1 unspecified atom stereocenters. The molecule has 112 valence electrons. The Balaban J connectivity index is 2.23. The molecule has 0 spiro atoms. The van der Waals surface area contributed by atoms with Gasteiger partial charge in [-0.3, -0.25) is 0 Å². The van der Waals surface area contributed by atoms with Crippen LogP contribution in [0.1, 0.15) is 37.4 Å². The van der Waals surface area contributed by atoms with Gasteiger partial charge in [0.25, 0.3) is 0 Å². The third kappa shape index (κ3) is 4.32. The molecule has 1 N–H and O–H groups in total. The first-order chi connectivity index (χ1) is 10.1. The zero-order chi connectivity index (χ0) is 15.2. The number of nitrogens with one attached hydrogen (secondary N) is 1. The average Bonchev–Trinajstić information content (AvgIpc) is 2.49. The van der Waals surface area contributed by atoms with Crippen LogP contribution in [0.5, 0.6) is 11.5 Å². The number of aryl methyl sites for hydroxylation is 1. The van der Waals surface area contributed by atoms with E-state index >= 15 is 0 Å². The second-order valence-electron chi connectivity index (χ2n) is 5.10. The summed E-state index contributed by atoms with van der Waals surface area (Å²) in [5.41, 5.74) is 2.40. The predicted octanol–water partition coefficient (Wildman–Crippen LogP) is 5.61. The standard InChI is InChI=1S/C18H22BrNO/c1-4-17(20-5-2)14-7-6-8-16(11-14)21-18-12-15(19)10-9-13(18)3/h6-12,17,20H,4-5H2,1-3H3. The van der Waals surface area contributed by atoms with Crippen LogP contribution in [-0.2, 0) is 0 Å². The average molecular weight is 348 g/mol. The van der Waals surface area contributed by atoms with Crippen molar-refractivity contribution in [3.63, 3.8) is 0 Å². The number of hydrogen-bond acceptors (Lipinski definition) is 2. The van der Waals surface area contributed by atoms with Gasteiger partial charge in [-0.1, -0.05) is 48.0 Å². The molecule has 0 fully saturated rings. The molecule has 0 aliphatic carbocycles. The summed E-state index contributed by atoms with van der Waals surface area (Å²) < 4.78 is 7.07. The summed E-state index contributed by atoms with van der Waals surface area (Å²) in [7, 11) is 0. The summed E-state index contributed by atoms with van der Waals surface area (Å²) in [6, 6.07) is 14.8. The minimum absolute atomic E-state index is 0.377. The molecular weight excluding hydrogens is 326 g/mol. The number of halogens is 1. The third-order valence-corrected chi connectivity index (χ3v) is 3.99. The fraction of sp³-hybridized carbons (Fsp3) is 0.333. The van der Waals surface area contributed by atoms with Crippen molar-refractivity contribution in [3.05, 3.63) is 58.1 Å². The van der Waals surface area contributed by atoms with E-state index in [1.807, 2.05) is 18.2 Å². The van der Waals surface area contributed by atoms with Gasteiger partial charge in [-0.05, 0) is 55.3 Å². The second kappa shape index (κ2) is 7.62. The summed E-state index contributed by atoms with van der Waals surface area (Å²) in [6.07, 6.45) is 1.06. The Morgan fingerprint density at radius 3 is 2.67 bits per heavy atom. The Bertz CT molecular complexity index is 598. The lowest BCUT2D eigenvalue weighted by molar-refractivity contribution is 0.474. The van der Waals surface area contributed by atoms with Crippen LogP contribution < -0.4 is 10.1 Å². The molecule has 21 heavy (non-hydrogen) atoms. The predicted molar refractivity (Wildman–Crippen MR) is 92.1 cm³/mol. The smallest absolute Gasteiger partial charge is 0.131 e. The van der Waals surface area contributed by atoms with E-state index < -0.39 is 0 Å².